The molecule has 0 radical (unpaired) electrons. The topological polar surface area (TPSA) is 77.2 Å². The number of hydrogen-bond acceptors (Lipinski definition) is 4. The fourth-order valence-corrected chi connectivity index (χ4v) is 5.43. The molecule has 10 heteroatoms. The number of nitrogens with zero attached hydrogens (tertiary/aromatic N) is 4. The number of halogens is 2. The lowest BCUT2D eigenvalue weighted by Gasteiger charge is -2.31. The van der Waals surface area contributed by atoms with E-state index in [-0.39, 0.29) is 18.8 Å². The van der Waals surface area contributed by atoms with Crippen LogP contribution in [0.2, 0.25) is 0 Å². The monoisotopic (exact) mass is 434 g/mol. The molecule has 2 aromatic carbocycles. The van der Waals surface area contributed by atoms with E-state index in [1.165, 1.54) is 16.3 Å². The molecular weight excluding hydrogens is 414 g/mol. The van der Waals surface area contributed by atoms with Gasteiger partial charge in [-0.1, -0.05) is 24.3 Å². The van der Waals surface area contributed by atoms with E-state index in [2.05, 4.69) is 5.10 Å². The van der Waals surface area contributed by atoms with Gasteiger partial charge in [0.15, 0.2) is 4.90 Å². The van der Waals surface area contributed by atoms with Crippen LogP contribution in [-0.4, -0.2) is 40.2 Å². The number of hydrogen-bond donors (Lipinski definition) is 0. The van der Waals surface area contributed by atoms with Crippen molar-refractivity contribution in [1.82, 2.24) is 18.7 Å². The number of rotatable bonds is 4. The van der Waals surface area contributed by atoms with E-state index < -0.39 is 32.5 Å². The van der Waals surface area contributed by atoms with E-state index in [1.807, 2.05) is 6.07 Å². The van der Waals surface area contributed by atoms with Crippen molar-refractivity contribution in [3.63, 3.8) is 0 Å². The third-order valence-electron chi connectivity index (χ3n) is 5.23. The summed E-state index contributed by atoms with van der Waals surface area (Å²) in [6, 6.07) is 11.9. The predicted octanol–water partition coefficient (Wildman–Crippen LogP) is 2.42. The second-order valence-electron chi connectivity index (χ2n) is 7.19. The Hall–Kier alpha value is -2.85. The number of benzene rings is 2. The van der Waals surface area contributed by atoms with Gasteiger partial charge >= 0.3 is 5.69 Å². The standard InChI is InChI=1S/C20H20F2N4O3S/c1-24-20(27)26(15-8-3-2-4-9-15)19(23-24)14-7-6-12-25(13-14)30(28,29)18-16(21)10-5-11-17(18)22/h2-5,8-11,14H,6-7,12-13H2,1H3. The van der Waals surface area contributed by atoms with Crippen LogP contribution in [0.3, 0.4) is 0 Å². The van der Waals surface area contributed by atoms with Crippen molar-refractivity contribution in [2.75, 3.05) is 13.1 Å². The molecule has 0 spiro atoms. The Morgan fingerprint density at radius 1 is 1.03 bits per heavy atom. The van der Waals surface area contributed by atoms with Crippen LogP contribution in [0.1, 0.15) is 24.6 Å². The maximum absolute atomic E-state index is 14.2. The zero-order chi connectivity index (χ0) is 21.5. The average Bonchev–Trinajstić information content (AvgIpc) is 3.03. The first-order valence-corrected chi connectivity index (χ1v) is 10.9. The summed E-state index contributed by atoms with van der Waals surface area (Å²) in [6.07, 6.45) is 1.06. The normalized spacial score (nSPS) is 17.9. The zero-order valence-corrected chi connectivity index (χ0v) is 17.0. The van der Waals surface area contributed by atoms with Crippen molar-refractivity contribution in [2.45, 2.75) is 23.7 Å². The average molecular weight is 434 g/mol. The molecule has 158 valence electrons. The second kappa shape index (κ2) is 7.77. The van der Waals surface area contributed by atoms with E-state index in [9.17, 15) is 22.0 Å². The van der Waals surface area contributed by atoms with Gasteiger partial charge in [-0.3, -0.25) is 0 Å². The van der Waals surface area contributed by atoms with Gasteiger partial charge in [-0.05, 0) is 37.1 Å². The highest BCUT2D eigenvalue weighted by atomic mass is 32.2. The van der Waals surface area contributed by atoms with E-state index in [4.69, 9.17) is 0 Å². The summed E-state index contributed by atoms with van der Waals surface area (Å²) in [4.78, 5) is 11.7. The van der Waals surface area contributed by atoms with Crippen LogP contribution in [0.25, 0.3) is 5.69 Å². The number of aromatic nitrogens is 3. The molecule has 1 aromatic heterocycles. The lowest BCUT2D eigenvalue weighted by molar-refractivity contribution is 0.304. The van der Waals surface area contributed by atoms with Crippen LogP contribution >= 0.6 is 0 Å². The van der Waals surface area contributed by atoms with Gasteiger partial charge in [0.2, 0.25) is 10.0 Å². The van der Waals surface area contributed by atoms with Crippen LogP contribution in [0.5, 0.6) is 0 Å². The zero-order valence-electron chi connectivity index (χ0n) is 16.2. The van der Waals surface area contributed by atoms with Gasteiger partial charge in [0, 0.05) is 26.1 Å². The summed E-state index contributed by atoms with van der Waals surface area (Å²) in [7, 11) is -2.86. The van der Waals surface area contributed by atoms with E-state index in [1.54, 1.807) is 24.3 Å². The first kappa shape index (κ1) is 20.4. The lowest BCUT2D eigenvalue weighted by atomic mass is 9.98. The number of sulfonamides is 1. The highest BCUT2D eigenvalue weighted by Gasteiger charge is 2.36. The molecule has 0 bridgehead atoms. The summed E-state index contributed by atoms with van der Waals surface area (Å²) in [5.74, 6) is -2.24. The van der Waals surface area contributed by atoms with Crippen molar-refractivity contribution in [1.29, 1.82) is 0 Å². The molecular formula is C20H20F2N4O3S. The summed E-state index contributed by atoms with van der Waals surface area (Å²) < 4.78 is 58.0. The van der Waals surface area contributed by atoms with Gasteiger partial charge in [-0.2, -0.15) is 9.40 Å². The van der Waals surface area contributed by atoms with Crippen LogP contribution in [0.4, 0.5) is 8.78 Å². The minimum absolute atomic E-state index is 0.0284. The van der Waals surface area contributed by atoms with Gasteiger partial charge in [-0.25, -0.2) is 31.2 Å². The third-order valence-corrected chi connectivity index (χ3v) is 7.15. The smallest absolute Gasteiger partial charge is 0.247 e. The fraction of sp³-hybridized carbons (Fsp3) is 0.300. The first-order valence-electron chi connectivity index (χ1n) is 9.46. The summed E-state index contributed by atoms with van der Waals surface area (Å²) in [6.45, 7) is 0.106. The molecule has 3 aromatic rings. The van der Waals surface area contributed by atoms with E-state index in [0.29, 0.717) is 24.4 Å². The third kappa shape index (κ3) is 3.46. The second-order valence-corrected chi connectivity index (χ2v) is 9.06. The molecule has 0 aliphatic carbocycles. The Kier molecular flexibility index (Phi) is 5.29. The van der Waals surface area contributed by atoms with Crippen LogP contribution < -0.4 is 5.69 Å². The maximum Gasteiger partial charge on any atom is 0.350 e. The van der Waals surface area contributed by atoms with Crippen LogP contribution in [-0.2, 0) is 17.1 Å². The molecule has 0 N–H and O–H groups in total. The van der Waals surface area contributed by atoms with Gasteiger partial charge in [0.1, 0.15) is 17.5 Å². The lowest BCUT2D eigenvalue weighted by Crippen LogP contribution is -2.40. The molecule has 1 unspecified atom stereocenters. The predicted molar refractivity (Wildman–Crippen MR) is 106 cm³/mol. The molecule has 1 aliphatic heterocycles. The van der Waals surface area contributed by atoms with Gasteiger partial charge in [-0.15, -0.1) is 0 Å². The quantitative estimate of drug-likeness (QED) is 0.632. The van der Waals surface area contributed by atoms with Crippen LogP contribution in [0.15, 0.2) is 58.2 Å². The maximum atomic E-state index is 14.2. The van der Waals surface area contributed by atoms with E-state index >= 15 is 0 Å². The molecule has 1 atom stereocenters. The minimum Gasteiger partial charge on any atom is -0.247 e. The van der Waals surface area contributed by atoms with Crippen LogP contribution in [0, 0.1) is 11.6 Å². The fourth-order valence-electron chi connectivity index (χ4n) is 3.80. The van der Waals surface area contributed by atoms with Crippen molar-refractivity contribution in [3.05, 3.63) is 76.5 Å². The summed E-state index contributed by atoms with van der Waals surface area (Å²) >= 11 is 0. The molecule has 0 amide bonds. The van der Waals surface area contributed by atoms with E-state index in [0.717, 1.165) is 22.5 Å². The molecule has 0 saturated carbocycles. The molecule has 1 aliphatic rings. The van der Waals surface area contributed by atoms with Gasteiger partial charge in [0.05, 0.1) is 5.69 Å². The van der Waals surface area contributed by atoms with Gasteiger partial charge in [0.25, 0.3) is 0 Å². The molecule has 7 nitrogen and oxygen atoms in total. The minimum atomic E-state index is -4.38. The Morgan fingerprint density at radius 3 is 2.37 bits per heavy atom. The Balaban J connectivity index is 1.73. The Labute approximate surface area is 172 Å². The molecule has 1 saturated heterocycles. The highest BCUT2D eigenvalue weighted by Crippen LogP contribution is 2.31. The summed E-state index contributed by atoms with van der Waals surface area (Å²) in [5.41, 5.74) is 0.266. The summed E-state index contributed by atoms with van der Waals surface area (Å²) in [5, 5.41) is 4.33. The Bertz CT molecular complexity index is 1220. The van der Waals surface area contributed by atoms with Crippen molar-refractivity contribution in [3.8, 4) is 5.69 Å². The van der Waals surface area contributed by atoms with Gasteiger partial charge < -0.3 is 0 Å². The Morgan fingerprint density at radius 2 is 1.70 bits per heavy atom. The number of para-hydroxylation sites is 1. The van der Waals surface area contributed by atoms with Crippen molar-refractivity contribution < 1.29 is 17.2 Å². The largest absolute Gasteiger partial charge is 0.350 e. The first-order chi connectivity index (χ1) is 14.3. The number of piperidine rings is 1. The number of aryl methyl sites for hydroxylation is 1. The van der Waals surface area contributed by atoms with Crippen molar-refractivity contribution >= 4 is 10.0 Å². The molecule has 4 rings (SSSR count). The molecule has 2 heterocycles. The van der Waals surface area contributed by atoms with Crippen molar-refractivity contribution in [2.24, 2.45) is 7.05 Å². The SMILES string of the molecule is Cn1nc(C2CCCN(S(=O)(=O)c3c(F)cccc3F)C2)n(-c2ccccc2)c1=O. The molecule has 30 heavy (non-hydrogen) atoms. The molecule has 1 fully saturated rings. The highest BCUT2D eigenvalue weighted by molar-refractivity contribution is 7.89.